The number of primary amides is 1. The van der Waals surface area contributed by atoms with Crippen LogP contribution in [0.4, 0.5) is 0 Å². The molecule has 0 spiro atoms. The van der Waals surface area contributed by atoms with E-state index in [1.165, 1.54) is 24.3 Å². The fourth-order valence-electron chi connectivity index (χ4n) is 5.20. The zero-order chi connectivity index (χ0) is 27.3. The molecule has 1 saturated carbocycles. The van der Waals surface area contributed by atoms with Gasteiger partial charge in [0.15, 0.2) is 0 Å². The molecule has 10 nitrogen and oxygen atoms in total. The second-order valence-corrected chi connectivity index (χ2v) is 13.7. The van der Waals surface area contributed by atoms with Gasteiger partial charge in [0.1, 0.15) is 12.1 Å². The van der Waals surface area contributed by atoms with Gasteiger partial charge >= 0.3 is 0 Å². The summed E-state index contributed by atoms with van der Waals surface area (Å²) in [5, 5.41) is 2.66. The summed E-state index contributed by atoms with van der Waals surface area (Å²) < 4.78 is 55.9. The van der Waals surface area contributed by atoms with E-state index in [0.717, 1.165) is 40.7 Å². The highest BCUT2D eigenvalue weighted by Crippen LogP contribution is 2.28. The van der Waals surface area contributed by atoms with Gasteiger partial charge in [-0.05, 0) is 36.6 Å². The largest absolute Gasteiger partial charge is 0.368 e. The van der Waals surface area contributed by atoms with Crippen molar-refractivity contribution < 1.29 is 26.4 Å². The van der Waals surface area contributed by atoms with E-state index in [0.29, 0.717) is 6.42 Å². The summed E-state index contributed by atoms with van der Waals surface area (Å²) in [5.41, 5.74) is 5.62. The molecule has 2 fully saturated rings. The van der Waals surface area contributed by atoms with Crippen LogP contribution in [0, 0.1) is 5.92 Å². The third-order valence-electron chi connectivity index (χ3n) is 7.28. The highest BCUT2D eigenvalue weighted by molar-refractivity contribution is 7.89. The quantitative estimate of drug-likeness (QED) is 0.475. The molecule has 2 aliphatic rings. The SMILES string of the molecule is NC(=O)C(CC1CCCCC1)NC(=O)C1CN(S(=O)(=O)c2ccccc2)CCN1S(=O)(=O)c1ccccc1. The fraction of sp³-hybridized carbons (Fsp3) is 0.462. The summed E-state index contributed by atoms with van der Waals surface area (Å²) in [4.78, 5) is 25.9. The molecule has 0 radical (unpaired) electrons. The van der Waals surface area contributed by atoms with Gasteiger partial charge in [0.25, 0.3) is 0 Å². The average molecular weight is 563 g/mol. The van der Waals surface area contributed by atoms with Gasteiger partial charge in [-0.2, -0.15) is 8.61 Å². The number of sulfonamides is 2. The summed E-state index contributed by atoms with van der Waals surface area (Å²) in [7, 11) is -8.13. The first-order chi connectivity index (χ1) is 18.1. The zero-order valence-corrected chi connectivity index (χ0v) is 22.7. The Morgan fingerprint density at radius 2 is 1.39 bits per heavy atom. The maximum absolute atomic E-state index is 13.6. The van der Waals surface area contributed by atoms with Crippen molar-refractivity contribution >= 4 is 31.9 Å². The van der Waals surface area contributed by atoms with Crippen LogP contribution in [0.25, 0.3) is 0 Å². The standard InChI is InChI=1S/C26H34N4O6S2/c27-25(31)23(18-20-10-4-1-5-11-20)28-26(32)24-19-29(37(33,34)21-12-6-2-7-13-21)16-17-30(24)38(35,36)22-14-8-3-9-15-22/h2-3,6-9,12-15,20,23-24H,1,4-5,10-11,16-19H2,(H2,27,31)(H,28,32). The number of rotatable bonds is 9. The van der Waals surface area contributed by atoms with Crippen LogP contribution in [0.3, 0.4) is 0 Å². The van der Waals surface area contributed by atoms with Gasteiger partial charge in [-0.1, -0.05) is 68.5 Å². The van der Waals surface area contributed by atoms with Crippen LogP contribution in [-0.4, -0.2) is 69.0 Å². The zero-order valence-electron chi connectivity index (χ0n) is 21.1. The highest BCUT2D eigenvalue weighted by atomic mass is 32.2. The lowest BCUT2D eigenvalue weighted by Gasteiger charge is -2.39. The van der Waals surface area contributed by atoms with E-state index in [-0.39, 0.29) is 28.8 Å². The molecule has 38 heavy (non-hydrogen) atoms. The molecule has 1 aliphatic heterocycles. The number of hydrogen-bond acceptors (Lipinski definition) is 6. The third-order valence-corrected chi connectivity index (χ3v) is 11.1. The van der Waals surface area contributed by atoms with E-state index >= 15 is 0 Å². The first-order valence-corrected chi connectivity index (χ1v) is 15.7. The van der Waals surface area contributed by atoms with Crippen LogP contribution in [-0.2, 0) is 29.6 Å². The van der Waals surface area contributed by atoms with Crippen molar-refractivity contribution in [3.05, 3.63) is 60.7 Å². The number of benzene rings is 2. The fourth-order valence-corrected chi connectivity index (χ4v) is 8.25. The molecule has 0 aromatic heterocycles. The van der Waals surface area contributed by atoms with Crippen molar-refractivity contribution in [3.63, 3.8) is 0 Å². The number of piperazine rings is 1. The van der Waals surface area contributed by atoms with Crippen LogP contribution in [0.15, 0.2) is 70.5 Å². The van der Waals surface area contributed by atoms with Gasteiger partial charge in [-0.25, -0.2) is 16.8 Å². The molecule has 3 N–H and O–H groups in total. The van der Waals surface area contributed by atoms with E-state index in [2.05, 4.69) is 5.32 Å². The minimum atomic E-state index is -4.14. The Morgan fingerprint density at radius 3 is 1.95 bits per heavy atom. The molecule has 2 aromatic rings. The average Bonchev–Trinajstić information content (AvgIpc) is 2.93. The maximum atomic E-state index is 13.6. The number of carbonyl (C=O) groups is 2. The molecule has 12 heteroatoms. The summed E-state index contributed by atoms with van der Waals surface area (Å²) >= 11 is 0. The Kier molecular flexibility index (Phi) is 8.86. The first-order valence-electron chi connectivity index (χ1n) is 12.8. The van der Waals surface area contributed by atoms with Crippen molar-refractivity contribution in [2.24, 2.45) is 11.7 Å². The van der Waals surface area contributed by atoms with E-state index in [1.807, 2.05) is 0 Å². The molecule has 2 aromatic carbocycles. The molecule has 206 valence electrons. The lowest BCUT2D eigenvalue weighted by molar-refractivity contribution is -0.131. The van der Waals surface area contributed by atoms with Crippen molar-refractivity contribution in [1.29, 1.82) is 0 Å². The molecule has 1 saturated heterocycles. The second kappa shape index (κ2) is 11.9. The summed E-state index contributed by atoms with van der Waals surface area (Å²) in [6.45, 7) is -0.760. The lowest BCUT2D eigenvalue weighted by atomic mass is 9.84. The minimum absolute atomic E-state index is 0.00850. The number of carbonyl (C=O) groups excluding carboxylic acids is 2. The number of nitrogens with one attached hydrogen (secondary N) is 1. The predicted octanol–water partition coefficient (Wildman–Crippen LogP) is 1.69. The minimum Gasteiger partial charge on any atom is -0.368 e. The van der Waals surface area contributed by atoms with Gasteiger partial charge in [-0.15, -0.1) is 0 Å². The smallest absolute Gasteiger partial charge is 0.243 e. The van der Waals surface area contributed by atoms with Gasteiger partial charge < -0.3 is 11.1 Å². The van der Waals surface area contributed by atoms with Crippen molar-refractivity contribution in [3.8, 4) is 0 Å². The second-order valence-electron chi connectivity index (χ2n) is 9.82. The Hall–Kier alpha value is -2.80. The van der Waals surface area contributed by atoms with E-state index in [1.54, 1.807) is 36.4 Å². The van der Waals surface area contributed by atoms with Crippen molar-refractivity contribution in [1.82, 2.24) is 13.9 Å². The molecule has 4 rings (SSSR count). The van der Waals surface area contributed by atoms with Gasteiger partial charge in [0.05, 0.1) is 9.79 Å². The lowest BCUT2D eigenvalue weighted by Crippen LogP contribution is -2.63. The number of nitrogens with two attached hydrogens (primary N) is 1. The highest BCUT2D eigenvalue weighted by Gasteiger charge is 2.44. The summed E-state index contributed by atoms with van der Waals surface area (Å²) in [6, 6.07) is 13.1. The van der Waals surface area contributed by atoms with E-state index < -0.39 is 50.5 Å². The van der Waals surface area contributed by atoms with Crippen molar-refractivity contribution in [2.75, 3.05) is 19.6 Å². The topological polar surface area (TPSA) is 147 Å². The molecule has 2 atom stereocenters. The molecule has 0 bridgehead atoms. The summed E-state index contributed by atoms with van der Waals surface area (Å²) in [6.07, 6.45) is 5.45. The Labute approximate surface area is 224 Å². The maximum Gasteiger partial charge on any atom is 0.243 e. The van der Waals surface area contributed by atoms with Crippen LogP contribution in [0.5, 0.6) is 0 Å². The van der Waals surface area contributed by atoms with Gasteiger partial charge in [0, 0.05) is 19.6 Å². The van der Waals surface area contributed by atoms with Crippen LogP contribution in [0.2, 0.25) is 0 Å². The van der Waals surface area contributed by atoms with Crippen LogP contribution in [0.1, 0.15) is 38.5 Å². The first kappa shape index (κ1) is 28.2. The van der Waals surface area contributed by atoms with Crippen molar-refractivity contribution in [2.45, 2.75) is 60.4 Å². The Balaban J connectivity index is 1.63. The molecule has 2 amide bonds. The van der Waals surface area contributed by atoms with E-state index in [4.69, 9.17) is 5.73 Å². The molecular weight excluding hydrogens is 528 g/mol. The predicted molar refractivity (Wildman–Crippen MR) is 142 cm³/mol. The number of nitrogens with zero attached hydrogens (tertiary/aromatic N) is 2. The Bertz CT molecular complexity index is 1330. The molecule has 2 unspecified atom stereocenters. The number of amides is 2. The third kappa shape index (κ3) is 6.25. The monoisotopic (exact) mass is 562 g/mol. The van der Waals surface area contributed by atoms with Crippen LogP contribution >= 0.6 is 0 Å². The molecular formula is C26H34N4O6S2. The van der Waals surface area contributed by atoms with Crippen LogP contribution < -0.4 is 11.1 Å². The van der Waals surface area contributed by atoms with Gasteiger partial charge in [-0.3, -0.25) is 9.59 Å². The summed E-state index contributed by atoms with van der Waals surface area (Å²) in [5.74, 6) is -1.23. The normalized spacial score (nSPS) is 21.0. The Morgan fingerprint density at radius 1 is 0.842 bits per heavy atom. The van der Waals surface area contributed by atoms with E-state index in [9.17, 15) is 26.4 Å². The van der Waals surface area contributed by atoms with Gasteiger partial charge in [0.2, 0.25) is 31.9 Å². The molecule has 1 heterocycles. The molecule has 1 aliphatic carbocycles. The number of hydrogen-bond donors (Lipinski definition) is 2.